The third-order valence-corrected chi connectivity index (χ3v) is 7.28. The number of hydrogen-bond acceptors (Lipinski definition) is 10. The molecule has 2 aromatic heterocycles. The number of amides is 1. The lowest BCUT2D eigenvalue weighted by Gasteiger charge is -2.09. The molecule has 0 aliphatic carbocycles. The summed E-state index contributed by atoms with van der Waals surface area (Å²) in [5.74, 6) is -0.0394. The lowest BCUT2D eigenvalue weighted by molar-refractivity contribution is -0.113. The fourth-order valence-corrected chi connectivity index (χ4v) is 5.40. The molecular formula is C25H30N4O6S2. The van der Waals surface area contributed by atoms with E-state index in [0.29, 0.717) is 29.7 Å². The molecule has 12 heteroatoms. The number of thioether (sulfide) groups is 1. The zero-order chi connectivity index (χ0) is 26.9. The Morgan fingerprint density at radius 3 is 2.27 bits per heavy atom. The number of nitrogens with zero attached hydrogens (tertiary/aromatic N) is 3. The van der Waals surface area contributed by atoms with Gasteiger partial charge in [0.2, 0.25) is 5.91 Å². The molecule has 10 nitrogen and oxygen atoms in total. The Morgan fingerprint density at radius 2 is 1.65 bits per heavy atom. The first-order valence-corrected chi connectivity index (χ1v) is 13.7. The Balaban J connectivity index is 1.76. The lowest BCUT2D eigenvalue weighted by atomic mass is 10.1. The van der Waals surface area contributed by atoms with Gasteiger partial charge in [-0.1, -0.05) is 11.8 Å². The zero-order valence-corrected chi connectivity index (χ0v) is 23.1. The molecule has 0 aliphatic rings. The third kappa shape index (κ3) is 6.69. The molecule has 37 heavy (non-hydrogen) atoms. The van der Waals surface area contributed by atoms with Gasteiger partial charge in [-0.05, 0) is 64.4 Å². The van der Waals surface area contributed by atoms with Crippen molar-refractivity contribution >= 4 is 45.9 Å². The van der Waals surface area contributed by atoms with Gasteiger partial charge in [-0.3, -0.25) is 4.79 Å². The second-order valence-electron chi connectivity index (χ2n) is 7.55. The summed E-state index contributed by atoms with van der Waals surface area (Å²) < 4.78 is 17.6. The predicted octanol–water partition coefficient (Wildman–Crippen LogP) is 4.82. The summed E-state index contributed by atoms with van der Waals surface area (Å²) in [5.41, 5.74) is 1.45. The summed E-state index contributed by atoms with van der Waals surface area (Å²) in [6.45, 7) is 10.5. The monoisotopic (exact) mass is 546 g/mol. The van der Waals surface area contributed by atoms with Crippen LogP contribution in [0.25, 0.3) is 11.4 Å². The summed E-state index contributed by atoms with van der Waals surface area (Å²) in [6, 6.07) is 7.59. The van der Waals surface area contributed by atoms with Gasteiger partial charge in [0, 0.05) is 12.1 Å². The highest BCUT2D eigenvalue weighted by Gasteiger charge is 2.27. The highest BCUT2D eigenvalue weighted by molar-refractivity contribution is 7.99. The van der Waals surface area contributed by atoms with Gasteiger partial charge in [0.25, 0.3) is 0 Å². The maximum Gasteiger partial charge on any atom is 0.348 e. The summed E-state index contributed by atoms with van der Waals surface area (Å²) >= 11 is 2.22. The van der Waals surface area contributed by atoms with E-state index in [0.717, 1.165) is 22.6 Å². The molecule has 0 atom stereocenters. The van der Waals surface area contributed by atoms with Gasteiger partial charge in [0.1, 0.15) is 15.6 Å². The van der Waals surface area contributed by atoms with Crippen LogP contribution in [0, 0.1) is 6.92 Å². The van der Waals surface area contributed by atoms with Crippen LogP contribution in [-0.2, 0) is 20.8 Å². The summed E-state index contributed by atoms with van der Waals surface area (Å²) in [5, 5.41) is 12.2. The number of thiophene rings is 1. The van der Waals surface area contributed by atoms with E-state index in [2.05, 4.69) is 15.5 Å². The predicted molar refractivity (Wildman–Crippen MR) is 143 cm³/mol. The number of aromatic nitrogens is 3. The minimum Gasteiger partial charge on any atom is -0.494 e. The Hall–Kier alpha value is -3.38. The summed E-state index contributed by atoms with van der Waals surface area (Å²) in [6.07, 6.45) is 0. The largest absolute Gasteiger partial charge is 0.494 e. The van der Waals surface area contributed by atoms with E-state index in [-0.39, 0.29) is 40.3 Å². The van der Waals surface area contributed by atoms with Crippen LogP contribution in [0.15, 0.2) is 29.4 Å². The van der Waals surface area contributed by atoms with Gasteiger partial charge in [-0.2, -0.15) is 0 Å². The number of esters is 2. The van der Waals surface area contributed by atoms with Crippen LogP contribution in [0.2, 0.25) is 0 Å². The average Bonchev–Trinajstić information content (AvgIpc) is 3.44. The second kappa shape index (κ2) is 13.2. The standard InChI is InChI=1S/C25H30N4O6S2/c1-6-29-21(16-10-12-17(13-11-16)33-7-2)27-28-25(29)36-14-18(30)26-22-19(23(31)34-8-3)15(5)20(37-22)24(32)35-9-4/h10-13H,6-9,14H2,1-5H3,(H,26,30). The molecule has 1 amide bonds. The van der Waals surface area contributed by atoms with E-state index in [1.807, 2.05) is 42.7 Å². The van der Waals surface area contributed by atoms with Crippen LogP contribution in [0.5, 0.6) is 5.75 Å². The van der Waals surface area contributed by atoms with Crippen molar-refractivity contribution in [3.63, 3.8) is 0 Å². The molecule has 2 heterocycles. The molecule has 0 radical (unpaired) electrons. The number of anilines is 1. The molecule has 3 aromatic rings. The van der Waals surface area contributed by atoms with Crippen LogP contribution >= 0.6 is 23.1 Å². The first-order chi connectivity index (χ1) is 17.8. The first kappa shape index (κ1) is 28.2. The Morgan fingerprint density at radius 1 is 0.973 bits per heavy atom. The molecule has 0 saturated heterocycles. The maximum atomic E-state index is 12.8. The van der Waals surface area contributed by atoms with Crippen molar-refractivity contribution < 1.29 is 28.6 Å². The number of carbonyl (C=O) groups is 3. The van der Waals surface area contributed by atoms with Gasteiger partial charge in [0.05, 0.1) is 31.1 Å². The number of rotatable bonds is 12. The van der Waals surface area contributed by atoms with E-state index in [4.69, 9.17) is 14.2 Å². The van der Waals surface area contributed by atoms with E-state index in [9.17, 15) is 14.4 Å². The zero-order valence-electron chi connectivity index (χ0n) is 21.5. The van der Waals surface area contributed by atoms with Crippen molar-refractivity contribution in [3.05, 3.63) is 40.3 Å². The van der Waals surface area contributed by atoms with E-state index < -0.39 is 11.9 Å². The number of nitrogens with one attached hydrogen (secondary N) is 1. The fraction of sp³-hybridized carbons (Fsp3) is 0.400. The third-order valence-electron chi connectivity index (χ3n) is 5.13. The van der Waals surface area contributed by atoms with Crippen molar-refractivity contribution in [2.75, 3.05) is 30.9 Å². The van der Waals surface area contributed by atoms with Crippen LogP contribution in [0.4, 0.5) is 5.00 Å². The lowest BCUT2D eigenvalue weighted by Crippen LogP contribution is -2.17. The Bertz CT molecular complexity index is 1250. The van der Waals surface area contributed by atoms with Crippen LogP contribution in [-0.4, -0.2) is 58.2 Å². The smallest absolute Gasteiger partial charge is 0.348 e. The number of ether oxygens (including phenoxy) is 3. The van der Waals surface area contributed by atoms with Gasteiger partial charge >= 0.3 is 11.9 Å². The van der Waals surface area contributed by atoms with Gasteiger partial charge in [-0.25, -0.2) is 9.59 Å². The van der Waals surface area contributed by atoms with E-state index >= 15 is 0 Å². The number of benzene rings is 1. The van der Waals surface area contributed by atoms with Crippen molar-refractivity contribution in [2.24, 2.45) is 0 Å². The van der Waals surface area contributed by atoms with E-state index in [1.165, 1.54) is 11.8 Å². The molecule has 0 bridgehead atoms. The van der Waals surface area contributed by atoms with Crippen molar-refractivity contribution in [2.45, 2.75) is 46.3 Å². The molecule has 0 saturated carbocycles. The second-order valence-corrected chi connectivity index (χ2v) is 9.51. The van der Waals surface area contributed by atoms with Crippen molar-refractivity contribution in [3.8, 4) is 17.1 Å². The maximum absolute atomic E-state index is 12.8. The molecule has 0 spiro atoms. The van der Waals surface area contributed by atoms with E-state index in [1.54, 1.807) is 20.8 Å². The average molecular weight is 547 g/mol. The molecular weight excluding hydrogens is 516 g/mol. The molecule has 0 fully saturated rings. The Kier molecular flexibility index (Phi) is 10.1. The Labute approximate surface area is 223 Å². The number of hydrogen-bond donors (Lipinski definition) is 1. The normalized spacial score (nSPS) is 10.7. The van der Waals surface area contributed by atoms with Crippen molar-refractivity contribution in [1.82, 2.24) is 14.8 Å². The quantitative estimate of drug-likeness (QED) is 0.252. The molecule has 0 aliphatic heterocycles. The summed E-state index contributed by atoms with van der Waals surface area (Å²) in [4.78, 5) is 38.0. The molecule has 0 unspecified atom stereocenters. The first-order valence-electron chi connectivity index (χ1n) is 11.9. The van der Waals surface area contributed by atoms with Crippen LogP contribution in [0.3, 0.4) is 0 Å². The van der Waals surface area contributed by atoms with Gasteiger partial charge < -0.3 is 24.1 Å². The fourth-order valence-electron chi connectivity index (χ4n) is 3.50. The van der Waals surface area contributed by atoms with Gasteiger partial charge in [-0.15, -0.1) is 21.5 Å². The summed E-state index contributed by atoms with van der Waals surface area (Å²) in [7, 11) is 0. The number of carbonyl (C=O) groups excluding carboxylic acids is 3. The molecule has 198 valence electrons. The van der Waals surface area contributed by atoms with Gasteiger partial charge in [0.15, 0.2) is 11.0 Å². The minimum absolute atomic E-state index is 0.0232. The minimum atomic E-state index is -0.611. The highest BCUT2D eigenvalue weighted by atomic mass is 32.2. The van der Waals surface area contributed by atoms with Crippen LogP contribution < -0.4 is 10.1 Å². The SMILES string of the molecule is CCOC(=O)c1sc(NC(=O)CSc2nnc(-c3ccc(OCC)cc3)n2CC)c(C(=O)OCC)c1C. The highest BCUT2D eigenvalue weighted by Crippen LogP contribution is 2.35. The van der Waals surface area contributed by atoms with Crippen LogP contribution in [0.1, 0.15) is 53.3 Å². The molecule has 1 aromatic carbocycles. The van der Waals surface area contributed by atoms with Crippen molar-refractivity contribution in [1.29, 1.82) is 0 Å². The molecule has 1 N–H and O–H groups in total. The molecule has 3 rings (SSSR count). The topological polar surface area (TPSA) is 122 Å².